The molecule has 0 aliphatic carbocycles. The Kier molecular flexibility index (Phi) is 4.84. The summed E-state index contributed by atoms with van der Waals surface area (Å²) < 4.78 is 39.3. The van der Waals surface area contributed by atoms with Crippen molar-refractivity contribution in [1.29, 1.82) is 0 Å². The molecule has 2 nitrogen and oxygen atoms in total. The van der Waals surface area contributed by atoms with E-state index in [2.05, 4.69) is 26.6 Å². The van der Waals surface area contributed by atoms with Gasteiger partial charge in [-0.05, 0) is 42.5 Å². The van der Waals surface area contributed by atoms with Crippen LogP contribution in [0.5, 0.6) is 0 Å². The van der Waals surface area contributed by atoms with Crippen molar-refractivity contribution in [3.05, 3.63) is 58.6 Å². The molecule has 2 aromatic rings. The summed E-state index contributed by atoms with van der Waals surface area (Å²) in [6, 6.07) is 12.8. The molecule has 0 spiro atoms. The Hall–Kier alpha value is -1.60. The Labute approximate surface area is 133 Å². The fourth-order valence-electron chi connectivity index (χ4n) is 1.67. The first-order chi connectivity index (χ1) is 9.86. The molecule has 0 heterocycles. The molecule has 0 unspecified atom stereocenters. The Morgan fingerprint density at radius 1 is 1.00 bits per heavy atom. The summed E-state index contributed by atoms with van der Waals surface area (Å²) in [7, 11) is 0. The van der Waals surface area contributed by atoms with E-state index in [4.69, 9.17) is 12.2 Å². The number of hydrogen-bond donors (Lipinski definition) is 2. The highest BCUT2D eigenvalue weighted by atomic mass is 79.9. The van der Waals surface area contributed by atoms with E-state index >= 15 is 0 Å². The van der Waals surface area contributed by atoms with E-state index in [1.807, 2.05) is 6.07 Å². The third-order valence-electron chi connectivity index (χ3n) is 2.57. The van der Waals surface area contributed by atoms with Crippen LogP contribution in [-0.4, -0.2) is 5.11 Å². The van der Waals surface area contributed by atoms with Crippen molar-refractivity contribution in [1.82, 2.24) is 0 Å². The van der Waals surface area contributed by atoms with Gasteiger partial charge in [-0.3, -0.25) is 0 Å². The van der Waals surface area contributed by atoms with Crippen molar-refractivity contribution >= 4 is 44.6 Å². The lowest BCUT2D eigenvalue weighted by atomic mass is 10.1. The first kappa shape index (κ1) is 15.8. The zero-order chi connectivity index (χ0) is 15.5. The molecular weight excluding hydrogens is 365 g/mol. The van der Waals surface area contributed by atoms with E-state index in [0.717, 1.165) is 6.07 Å². The van der Waals surface area contributed by atoms with Gasteiger partial charge < -0.3 is 10.6 Å². The highest BCUT2D eigenvalue weighted by Crippen LogP contribution is 2.36. The Balaban J connectivity index is 2.18. The highest BCUT2D eigenvalue weighted by molar-refractivity contribution is 9.10. The minimum Gasteiger partial charge on any atom is -0.332 e. The molecule has 0 saturated heterocycles. The van der Waals surface area contributed by atoms with Crippen molar-refractivity contribution in [3.8, 4) is 0 Å². The second-order valence-electron chi connectivity index (χ2n) is 4.13. The number of benzene rings is 2. The maximum absolute atomic E-state index is 13.0. The van der Waals surface area contributed by atoms with E-state index in [0.29, 0.717) is 10.2 Å². The predicted molar refractivity (Wildman–Crippen MR) is 85.4 cm³/mol. The molecule has 0 bridgehead atoms. The molecular formula is C14H10BrF3N2S. The van der Waals surface area contributed by atoms with Crippen molar-refractivity contribution < 1.29 is 13.2 Å². The van der Waals surface area contributed by atoms with Crippen LogP contribution in [0.1, 0.15) is 5.56 Å². The fraction of sp³-hybridized carbons (Fsp3) is 0.0714. The Bertz CT molecular complexity index is 644. The molecule has 110 valence electrons. The van der Waals surface area contributed by atoms with Gasteiger partial charge in [-0.2, -0.15) is 13.2 Å². The molecule has 2 rings (SSSR count). The molecule has 2 N–H and O–H groups in total. The predicted octanol–water partition coefficient (Wildman–Crippen LogP) is 5.28. The number of nitrogens with one attached hydrogen (secondary N) is 2. The van der Waals surface area contributed by atoms with Crippen LogP contribution in [0.3, 0.4) is 0 Å². The van der Waals surface area contributed by atoms with Gasteiger partial charge in [0.05, 0.1) is 11.3 Å². The van der Waals surface area contributed by atoms with Crippen LogP contribution in [0, 0.1) is 0 Å². The first-order valence-corrected chi connectivity index (χ1v) is 7.06. The summed E-state index contributed by atoms with van der Waals surface area (Å²) in [5.74, 6) is 0. The second kappa shape index (κ2) is 6.44. The third-order valence-corrected chi connectivity index (χ3v) is 3.26. The third kappa shape index (κ3) is 4.44. The number of hydrogen-bond acceptors (Lipinski definition) is 1. The van der Waals surface area contributed by atoms with Gasteiger partial charge in [0.25, 0.3) is 0 Å². The number of anilines is 2. The average molecular weight is 375 g/mol. The highest BCUT2D eigenvalue weighted by Gasteiger charge is 2.33. The van der Waals surface area contributed by atoms with Gasteiger partial charge in [0.1, 0.15) is 0 Å². The van der Waals surface area contributed by atoms with Crippen LogP contribution < -0.4 is 10.6 Å². The topological polar surface area (TPSA) is 24.1 Å². The standard InChI is InChI=1S/C14H10BrF3N2S/c15-9-6-7-12(11(8-9)14(16,17)18)20-13(21)19-10-4-2-1-3-5-10/h1-8H,(H2,19,20,21). The second-order valence-corrected chi connectivity index (χ2v) is 5.46. The summed E-state index contributed by atoms with van der Waals surface area (Å²) in [5.41, 5.74) is -0.186. The van der Waals surface area contributed by atoms with Gasteiger partial charge in [0.2, 0.25) is 0 Å². The van der Waals surface area contributed by atoms with E-state index in [9.17, 15) is 13.2 Å². The molecule has 2 aromatic carbocycles. The zero-order valence-electron chi connectivity index (χ0n) is 10.5. The van der Waals surface area contributed by atoms with E-state index in [1.165, 1.54) is 12.1 Å². The first-order valence-electron chi connectivity index (χ1n) is 5.86. The van der Waals surface area contributed by atoms with E-state index in [-0.39, 0.29) is 10.8 Å². The van der Waals surface area contributed by atoms with Crippen LogP contribution in [0.15, 0.2) is 53.0 Å². The van der Waals surface area contributed by atoms with Crippen LogP contribution in [0.2, 0.25) is 0 Å². The molecule has 0 atom stereocenters. The Morgan fingerprint density at radius 2 is 1.67 bits per heavy atom. The number of alkyl halides is 3. The molecule has 7 heteroatoms. The van der Waals surface area contributed by atoms with E-state index < -0.39 is 11.7 Å². The molecule has 0 amide bonds. The molecule has 0 fully saturated rings. The number of halogens is 4. The van der Waals surface area contributed by atoms with Gasteiger partial charge in [0, 0.05) is 10.2 Å². The average Bonchev–Trinajstić information content (AvgIpc) is 2.40. The molecule has 21 heavy (non-hydrogen) atoms. The van der Waals surface area contributed by atoms with Crippen molar-refractivity contribution in [2.75, 3.05) is 10.6 Å². The maximum Gasteiger partial charge on any atom is 0.418 e. The fourth-order valence-corrected chi connectivity index (χ4v) is 2.26. The molecule has 0 aromatic heterocycles. The summed E-state index contributed by atoms with van der Waals surface area (Å²) >= 11 is 8.06. The molecule has 0 radical (unpaired) electrons. The maximum atomic E-state index is 13.0. The van der Waals surface area contributed by atoms with Gasteiger partial charge >= 0.3 is 6.18 Å². The molecule has 0 aliphatic heterocycles. The number of rotatable bonds is 2. The largest absolute Gasteiger partial charge is 0.418 e. The summed E-state index contributed by atoms with van der Waals surface area (Å²) in [6.07, 6.45) is -4.46. The van der Waals surface area contributed by atoms with E-state index in [1.54, 1.807) is 24.3 Å². The smallest absolute Gasteiger partial charge is 0.332 e. The lowest BCUT2D eigenvalue weighted by molar-refractivity contribution is -0.136. The van der Waals surface area contributed by atoms with Gasteiger partial charge in [0.15, 0.2) is 5.11 Å². The minimum atomic E-state index is -4.46. The zero-order valence-corrected chi connectivity index (χ0v) is 12.9. The van der Waals surface area contributed by atoms with Crippen molar-refractivity contribution in [3.63, 3.8) is 0 Å². The van der Waals surface area contributed by atoms with Crippen molar-refractivity contribution in [2.45, 2.75) is 6.18 Å². The quantitative estimate of drug-likeness (QED) is 0.699. The number of para-hydroxylation sites is 1. The lowest BCUT2D eigenvalue weighted by Gasteiger charge is -2.16. The van der Waals surface area contributed by atoms with Gasteiger partial charge in [-0.25, -0.2) is 0 Å². The van der Waals surface area contributed by atoms with Crippen LogP contribution in [-0.2, 0) is 6.18 Å². The monoisotopic (exact) mass is 374 g/mol. The Morgan fingerprint density at radius 3 is 2.29 bits per heavy atom. The van der Waals surface area contributed by atoms with Crippen molar-refractivity contribution in [2.24, 2.45) is 0 Å². The minimum absolute atomic E-state index is 0.0917. The normalized spacial score (nSPS) is 11.0. The summed E-state index contributed by atoms with van der Waals surface area (Å²) in [4.78, 5) is 0. The summed E-state index contributed by atoms with van der Waals surface area (Å²) in [5, 5.41) is 5.49. The van der Waals surface area contributed by atoms with Crippen LogP contribution >= 0.6 is 28.1 Å². The SMILES string of the molecule is FC(F)(F)c1cc(Br)ccc1NC(=S)Nc1ccccc1. The van der Waals surface area contributed by atoms with Crippen LogP contribution in [0.4, 0.5) is 24.5 Å². The molecule has 0 saturated carbocycles. The molecule has 0 aliphatic rings. The van der Waals surface area contributed by atoms with Crippen LogP contribution in [0.25, 0.3) is 0 Å². The summed E-state index contributed by atoms with van der Waals surface area (Å²) in [6.45, 7) is 0. The van der Waals surface area contributed by atoms with Gasteiger partial charge in [-0.15, -0.1) is 0 Å². The lowest BCUT2D eigenvalue weighted by Crippen LogP contribution is -2.21. The number of thiocarbonyl (C=S) groups is 1. The van der Waals surface area contributed by atoms with Gasteiger partial charge in [-0.1, -0.05) is 34.1 Å².